The van der Waals surface area contributed by atoms with Crippen LogP contribution in [0, 0.1) is 0 Å². The molecule has 0 saturated heterocycles. The van der Waals surface area contributed by atoms with Crippen molar-refractivity contribution in [2.75, 3.05) is 25.6 Å². The Balaban J connectivity index is 2.02. The van der Waals surface area contributed by atoms with Gasteiger partial charge in [0, 0.05) is 24.6 Å². The molecule has 1 N–H and O–H groups in total. The van der Waals surface area contributed by atoms with Gasteiger partial charge in [-0.25, -0.2) is 4.98 Å². The molecule has 1 aromatic heterocycles. The molecule has 0 amide bonds. The van der Waals surface area contributed by atoms with Gasteiger partial charge in [-0.15, -0.1) is 11.3 Å². The molecule has 84 valence electrons. The van der Waals surface area contributed by atoms with E-state index >= 15 is 0 Å². The van der Waals surface area contributed by atoms with E-state index in [0.29, 0.717) is 6.61 Å². The Kier molecular flexibility index (Phi) is 3.91. The van der Waals surface area contributed by atoms with E-state index in [0.717, 1.165) is 22.9 Å². The van der Waals surface area contributed by atoms with Crippen LogP contribution in [0.5, 0.6) is 0 Å². The normalized spacial score (nSPS) is 10.3. The Morgan fingerprint density at radius 3 is 2.88 bits per heavy atom. The third-order valence-corrected chi connectivity index (χ3v) is 2.96. The van der Waals surface area contributed by atoms with Gasteiger partial charge in [0.2, 0.25) is 0 Å². The van der Waals surface area contributed by atoms with Gasteiger partial charge in [-0.3, -0.25) is 0 Å². The van der Waals surface area contributed by atoms with Gasteiger partial charge in [0.15, 0.2) is 5.13 Å². The van der Waals surface area contributed by atoms with Crippen LogP contribution in [-0.4, -0.2) is 25.2 Å². The molecule has 16 heavy (non-hydrogen) atoms. The van der Waals surface area contributed by atoms with Crippen LogP contribution >= 0.6 is 11.3 Å². The fourth-order valence-corrected chi connectivity index (χ4v) is 2.10. The minimum Gasteiger partial charge on any atom is -0.383 e. The van der Waals surface area contributed by atoms with E-state index in [4.69, 9.17) is 4.74 Å². The number of nitrogens with zero attached hydrogens (tertiary/aromatic N) is 1. The summed E-state index contributed by atoms with van der Waals surface area (Å²) in [6, 6.07) is 10.2. The van der Waals surface area contributed by atoms with Crippen LogP contribution in [0.2, 0.25) is 0 Å². The summed E-state index contributed by atoms with van der Waals surface area (Å²) in [4.78, 5) is 4.50. The first-order valence-corrected chi connectivity index (χ1v) is 6.02. The van der Waals surface area contributed by atoms with E-state index in [1.54, 1.807) is 18.4 Å². The fourth-order valence-electron chi connectivity index (χ4n) is 1.36. The second kappa shape index (κ2) is 5.63. The molecule has 0 atom stereocenters. The summed E-state index contributed by atoms with van der Waals surface area (Å²) in [7, 11) is 1.69. The van der Waals surface area contributed by atoms with Crippen molar-refractivity contribution in [2.24, 2.45) is 0 Å². The van der Waals surface area contributed by atoms with Crippen LogP contribution in [-0.2, 0) is 4.74 Å². The molecule has 0 bridgehead atoms. The summed E-state index contributed by atoms with van der Waals surface area (Å²) in [5.74, 6) is 0. The Bertz CT molecular complexity index is 428. The van der Waals surface area contributed by atoms with Crippen molar-refractivity contribution in [3.05, 3.63) is 35.7 Å². The van der Waals surface area contributed by atoms with Gasteiger partial charge in [-0.05, 0) is 0 Å². The Morgan fingerprint density at radius 2 is 2.12 bits per heavy atom. The van der Waals surface area contributed by atoms with Crippen molar-refractivity contribution >= 4 is 16.5 Å². The fraction of sp³-hybridized carbons (Fsp3) is 0.250. The molecule has 0 aliphatic rings. The van der Waals surface area contributed by atoms with Crippen LogP contribution in [0.25, 0.3) is 11.3 Å². The topological polar surface area (TPSA) is 34.1 Å². The molecule has 1 aromatic carbocycles. The van der Waals surface area contributed by atoms with E-state index in [-0.39, 0.29) is 0 Å². The predicted molar refractivity (Wildman–Crippen MR) is 67.9 cm³/mol. The van der Waals surface area contributed by atoms with Crippen LogP contribution in [0.1, 0.15) is 0 Å². The molecule has 2 rings (SSSR count). The molecule has 0 radical (unpaired) electrons. The minimum atomic E-state index is 0.695. The number of ether oxygens (including phenoxy) is 1. The average Bonchev–Trinajstić information content (AvgIpc) is 2.79. The SMILES string of the molecule is COCCNc1nc(-c2ccccc2)cs1. The van der Waals surface area contributed by atoms with Gasteiger partial charge >= 0.3 is 0 Å². The Hall–Kier alpha value is -1.39. The van der Waals surface area contributed by atoms with E-state index in [2.05, 4.69) is 27.8 Å². The van der Waals surface area contributed by atoms with Gasteiger partial charge in [-0.1, -0.05) is 30.3 Å². The zero-order valence-corrected chi connectivity index (χ0v) is 9.96. The highest BCUT2D eigenvalue weighted by Crippen LogP contribution is 2.24. The van der Waals surface area contributed by atoms with Crippen LogP contribution in [0.15, 0.2) is 35.7 Å². The third-order valence-electron chi connectivity index (χ3n) is 2.16. The maximum absolute atomic E-state index is 4.97. The van der Waals surface area contributed by atoms with E-state index in [9.17, 15) is 0 Å². The van der Waals surface area contributed by atoms with Gasteiger partial charge in [0.05, 0.1) is 12.3 Å². The number of thiazole rings is 1. The van der Waals surface area contributed by atoms with Crippen molar-refractivity contribution < 1.29 is 4.74 Å². The molecule has 0 aliphatic heterocycles. The minimum absolute atomic E-state index is 0.695. The van der Waals surface area contributed by atoms with Gasteiger partial charge in [0.25, 0.3) is 0 Å². The molecule has 2 aromatic rings. The van der Waals surface area contributed by atoms with Crippen molar-refractivity contribution in [2.45, 2.75) is 0 Å². The molecule has 4 heteroatoms. The number of hydrogen-bond donors (Lipinski definition) is 1. The maximum atomic E-state index is 4.97. The van der Waals surface area contributed by atoms with Crippen molar-refractivity contribution in [3.63, 3.8) is 0 Å². The summed E-state index contributed by atoms with van der Waals surface area (Å²) in [6.07, 6.45) is 0. The first-order chi connectivity index (χ1) is 7.90. The third kappa shape index (κ3) is 2.81. The van der Waals surface area contributed by atoms with Gasteiger partial charge < -0.3 is 10.1 Å². The summed E-state index contributed by atoms with van der Waals surface area (Å²) in [6.45, 7) is 1.48. The monoisotopic (exact) mass is 234 g/mol. The van der Waals surface area contributed by atoms with Crippen LogP contribution in [0.3, 0.4) is 0 Å². The highest BCUT2D eigenvalue weighted by Gasteiger charge is 2.02. The van der Waals surface area contributed by atoms with E-state index < -0.39 is 0 Å². The lowest BCUT2D eigenvalue weighted by Gasteiger charge is -2.00. The maximum Gasteiger partial charge on any atom is 0.183 e. The number of nitrogens with one attached hydrogen (secondary N) is 1. The second-order valence-electron chi connectivity index (χ2n) is 3.32. The highest BCUT2D eigenvalue weighted by molar-refractivity contribution is 7.14. The summed E-state index contributed by atoms with van der Waals surface area (Å²) in [5.41, 5.74) is 2.17. The standard InChI is InChI=1S/C12H14N2OS/c1-15-8-7-13-12-14-11(9-16-12)10-5-3-2-4-6-10/h2-6,9H,7-8H2,1H3,(H,13,14). The number of hydrogen-bond acceptors (Lipinski definition) is 4. The van der Waals surface area contributed by atoms with Gasteiger partial charge in [0.1, 0.15) is 0 Å². The van der Waals surface area contributed by atoms with E-state index in [1.807, 2.05) is 18.2 Å². The van der Waals surface area contributed by atoms with Crippen LogP contribution in [0.4, 0.5) is 5.13 Å². The molecule has 0 unspecified atom stereocenters. The van der Waals surface area contributed by atoms with Crippen molar-refractivity contribution in [3.8, 4) is 11.3 Å². The number of methoxy groups -OCH3 is 1. The number of anilines is 1. The highest BCUT2D eigenvalue weighted by atomic mass is 32.1. The lowest BCUT2D eigenvalue weighted by Crippen LogP contribution is -2.06. The summed E-state index contributed by atoms with van der Waals surface area (Å²) >= 11 is 1.62. The first kappa shape index (κ1) is 11.1. The largest absolute Gasteiger partial charge is 0.383 e. The van der Waals surface area contributed by atoms with Crippen molar-refractivity contribution in [1.82, 2.24) is 4.98 Å². The summed E-state index contributed by atoms with van der Waals surface area (Å²) in [5, 5.41) is 6.22. The molecule has 0 aliphatic carbocycles. The molecule has 0 fully saturated rings. The molecule has 1 heterocycles. The zero-order chi connectivity index (χ0) is 11.2. The Morgan fingerprint density at radius 1 is 1.31 bits per heavy atom. The first-order valence-electron chi connectivity index (χ1n) is 5.14. The smallest absolute Gasteiger partial charge is 0.183 e. The lowest BCUT2D eigenvalue weighted by molar-refractivity contribution is 0.211. The zero-order valence-electron chi connectivity index (χ0n) is 9.14. The molecular formula is C12H14N2OS. The van der Waals surface area contributed by atoms with E-state index in [1.165, 1.54) is 0 Å². The predicted octanol–water partition coefficient (Wildman–Crippen LogP) is 2.87. The van der Waals surface area contributed by atoms with Crippen LogP contribution < -0.4 is 5.32 Å². The Labute approximate surface area is 99.1 Å². The molecule has 0 spiro atoms. The molecule has 0 saturated carbocycles. The quantitative estimate of drug-likeness (QED) is 0.808. The second-order valence-corrected chi connectivity index (χ2v) is 4.18. The van der Waals surface area contributed by atoms with Crippen molar-refractivity contribution in [1.29, 1.82) is 0 Å². The summed E-state index contributed by atoms with van der Waals surface area (Å²) < 4.78 is 4.97. The number of benzene rings is 1. The molecular weight excluding hydrogens is 220 g/mol. The average molecular weight is 234 g/mol. The number of aromatic nitrogens is 1. The van der Waals surface area contributed by atoms with Gasteiger partial charge in [-0.2, -0.15) is 0 Å². The molecule has 3 nitrogen and oxygen atoms in total. The lowest BCUT2D eigenvalue weighted by atomic mass is 10.2. The number of rotatable bonds is 5.